The van der Waals surface area contributed by atoms with Crippen molar-refractivity contribution in [2.75, 3.05) is 7.11 Å². The lowest BCUT2D eigenvalue weighted by Crippen LogP contribution is -2.23. The third-order valence-corrected chi connectivity index (χ3v) is 5.34. The zero-order chi connectivity index (χ0) is 26.6. The minimum Gasteiger partial charge on any atom is -0.506 e. The monoisotopic (exact) mass is 505 g/mol. The van der Waals surface area contributed by atoms with Gasteiger partial charge in [0, 0.05) is 31.3 Å². The quantitative estimate of drug-likeness (QED) is 0.415. The van der Waals surface area contributed by atoms with Gasteiger partial charge in [0.1, 0.15) is 35.1 Å². The number of aromatic hydroxyl groups is 1. The molecule has 2 aromatic carbocycles. The maximum Gasteiger partial charge on any atom is 0.423 e. The molecule has 1 amide bonds. The van der Waals surface area contributed by atoms with Crippen LogP contribution in [0.15, 0.2) is 42.9 Å². The number of Topliss-reactive ketones (excluding diaryl/α,β-unsaturated/α-hetero) is 1. The fraction of sp³-hybridized carbons (Fsp3) is 0.320. The van der Waals surface area contributed by atoms with Crippen molar-refractivity contribution >= 4 is 11.7 Å². The lowest BCUT2D eigenvalue weighted by molar-refractivity contribution is -0.140. The first-order valence-corrected chi connectivity index (χ1v) is 10.9. The molecule has 0 unspecified atom stereocenters. The van der Waals surface area contributed by atoms with Crippen molar-refractivity contribution in [3.8, 4) is 17.2 Å². The number of carbonyl (C=O) groups excluding carboxylic acids is 2. The molecular weight excluding hydrogens is 479 g/mol. The average molecular weight is 505 g/mol. The number of phenolic OH excluding ortho intramolecular Hbond substituents is 1. The molecule has 1 aromatic heterocycles. The molecule has 3 rings (SSSR count). The Balaban J connectivity index is 1.77. The van der Waals surface area contributed by atoms with Gasteiger partial charge in [-0.2, -0.15) is 13.2 Å². The molecule has 2 N–H and O–H groups in total. The lowest BCUT2D eigenvalue weighted by Gasteiger charge is -2.18. The second kappa shape index (κ2) is 10.7. The normalized spacial score (nSPS) is 11.4. The first-order valence-electron chi connectivity index (χ1n) is 10.9. The van der Waals surface area contributed by atoms with Crippen molar-refractivity contribution in [3.63, 3.8) is 0 Å². The lowest BCUT2D eigenvalue weighted by atomic mass is 9.97. The Morgan fingerprint density at radius 2 is 1.89 bits per heavy atom. The number of ether oxygens (including phenoxy) is 2. The number of nitrogens with one attached hydrogen (secondary N) is 1. The van der Waals surface area contributed by atoms with Crippen molar-refractivity contribution in [1.29, 1.82) is 0 Å². The highest BCUT2D eigenvalue weighted by molar-refractivity contribution is 6.00. The summed E-state index contributed by atoms with van der Waals surface area (Å²) in [5.41, 5.74) is -0.443. The van der Waals surface area contributed by atoms with Crippen LogP contribution in [0.2, 0.25) is 0 Å². The van der Waals surface area contributed by atoms with Crippen molar-refractivity contribution in [2.45, 2.75) is 33.2 Å². The molecule has 0 saturated heterocycles. The van der Waals surface area contributed by atoms with E-state index in [1.807, 2.05) is 0 Å². The molecule has 0 aliphatic rings. The Morgan fingerprint density at radius 3 is 2.47 bits per heavy atom. The van der Waals surface area contributed by atoms with Gasteiger partial charge in [-0.05, 0) is 23.8 Å². The number of aromatic nitrogens is 2. The Labute approximate surface area is 205 Å². The topological polar surface area (TPSA) is 103 Å². The molecule has 0 atom stereocenters. The van der Waals surface area contributed by atoms with Gasteiger partial charge in [-0.15, -0.1) is 0 Å². The Kier molecular flexibility index (Phi) is 7.91. The van der Waals surface area contributed by atoms with Crippen molar-refractivity contribution in [1.82, 2.24) is 14.9 Å². The smallest absolute Gasteiger partial charge is 0.423 e. The second-order valence-corrected chi connectivity index (χ2v) is 8.39. The van der Waals surface area contributed by atoms with E-state index >= 15 is 0 Å². The minimum atomic E-state index is -4.94. The number of imidazole rings is 1. The van der Waals surface area contributed by atoms with Gasteiger partial charge in [-0.25, -0.2) is 4.98 Å². The number of alkyl halides is 3. The number of phenols is 1. The Morgan fingerprint density at radius 1 is 1.17 bits per heavy atom. The van der Waals surface area contributed by atoms with Gasteiger partial charge in [0.05, 0.1) is 19.0 Å². The summed E-state index contributed by atoms with van der Waals surface area (Å²) < 4.78 is 53.5. The number of methoxy groups -OCH3 is 1. The molecule has 3 aromatic rings. The van der Waals surface area contributed by atoms with E-state index in [9.17, 15) is 27.9 Å². The highest BCUT2D eigenvalue weighted by Crippen LogP contribution is 2.44. The van der Waals surface area contributed by atoms with Gasteiger partial charge in [0.2, 0.25) is 0 Å². The summed E-state index contributed by atoms with van der Waals surface area (Å²) in [4.78, 5) is 28.4. The number of nitrogens with zero attached hydrogens (tertiary/aromatic N) is 2. The number of carbonyl (C=O) groups is 2. The third-order valence-electron chi connectivity index (χ3n) is 5.34. The molecular formula is C25H26F3N3O5. The van der Waals surface area contributed by atoms with Crippen molar-refractivity contribution in [3.05, 3.63) is 70.8 Å². The van der Waals surface area contributed by atoms with Crippen LogP contribution in [0.1, 0.15) is 51.4 Å². The Bertz CT molecular complexity index is 1270. The van der Waals surface area contributed by atoms with E-state index in [-0.39, 0.29) is 24.8 Å². The van der Waals surface area contributed by atoms with Gasteiger partial charge in [0.25, 0.3) is 5.91 Å². The standard InChI is InChI=1S/C25H26F3N3O5/c1-14(2)22(32)17-7-8-19(21(23(17)33)25(26,27)28)36-12-15-5-6-16(20(9-15)35-4)10-29-24(34)18-11-31(3)13-30-18/h5-9,11,13-14,33H,10,12H2,1-4H3,(H,29,34). The molecule has 0 aliphatic heterocycles. The predicted octanol–water partition coefficient (Wildman–Crippen LogP) is 4.50. The molecule has 36 heavy (non-hydrogen) atoms. The maximum atomic E-state index is 13.7. The van der Waals surface area contributed by atoms with Crippen LogP contribution in [0.5, 0.6) is 17.2 Å². The summed E-state index contributed by atoms with van der Waals surface area (Å²) >= 11 is 0. The van der Waals surface area contributed by atoms with Gasteiger partial charge >= 0.3 is 6.18 Å². The van der Waals surface area contributed by atoms with Gasteiger partial charge in [0.15, 0.2) is 5.78 Å². The van der Waals surface area contributed by atoms with Crippen LogP contribution in [0.3, 0.4) is 0 Å². The number of aryl methyl sites for hydroxylation is 1. The molecule has 0 radical (unpaired) electrons. The first-order chi connectivity index (χ1) is 16.9. The summed E-state index contributed by atoms with van der Waals surface area (Å²) in [6.45, 7) is 2.93. The molecule has 0 fully saturated rings. The highest BCUT2D eigenvalue weighted by Gasteiger charge is 2.40. The Hall–Kier alpha value is -4.02. The summed E-state index contributed by atoms with van der Waals surface area (Å²) in [7, 11) is 3.17. The minimum absolute atomic E-state index is 0.136. The largest absolute Gasteiger partial charge is 0.506 e. The number of hydrogen-bond donors (Lipinski definition) is 2. The van der Waals surface area contributed by atoms with E-state index in [0.717, 1.165) is 12.1 Å². The molecule has 0 spiro atoms. The van der Waals surface area contributed by atoms with E-state index in [1.54, 1.807) is 36.0 Å². The fourth-order valence-corrected chi connectivity index (χ4v) is 3.46. The summed E-state index contributed by atoms with van der Waals surface area (Å²) in [6.07, 6.45) is -1.87. The predicted molar refractivity (Wildman–Crippen MR) is 124 cm³/mol. The first kappa shape index (κ1) is 26.6. The molecule has 8 nitrogen and oxygen atoms in total. The number of hydrogen-bond acceptors (Lipinski definition) is 6. The average Bonchev–Trinajstić information content (AvgIpc) is 3.26. The van der Waals surface area contributed by atoms with Crippen LogP contribution in [0.25, 0.3) is 0 Å². The van der Waals surface area contributed by atoms with E-state index in [4.69, 9.17) is 9.47 Å². The molecule has 11 heteroatoms. The summed E-state index contributed by atoms with van der Waals surface area (Å²) in [5, 5.41) is 13.0. The number of halogens is 3. The molecule has 1 heterocycles. The molecule has 0 bridgehead atoms. The number of ketones is 1. The second-order valence-electron chi connectivity index (χ2n) is 8.39. The zero-order valence-electron chi connectivity index (χ0n) is 20.1. The molecule has 0 aliphatic carbocycles. The third kappa shape index (κ3) is 5.96. The van der Waals surface area contributed by atoms with Crippen molar-refractivity contribution < 1.29 is 37.3 Å². The number of benzene rings is 2. The van der Waals surface area contributed by atoms with Crippen LogP contribution in [0, 0.1) is 5.92 Å². The van der Waals surface area contributed by atoms with Gasteiger partial charge < -0.3 is 24.5 Å². The van der Waals surface area contributed by atoms with Gasteiger partial charge in [-0.1, -0.05) is 26.0 Å². The van der Waals surface area contributed by atoms with E-state index in [0.29, 0.717) is 16.9 Å². The number of amides is 1. The van der Waals surface area contributed by atoms with E-state index in [2.05, 4.69) is 10.3 Å². The highest BCUT2D eigenvalue weighted by atomic mass is 19.4. The molecule has 0 saturated carbocycles. The van der Waals surface area contributed by atoms with Crippen molar-refractivity contribution in [2.24, 2.45) is 13.0 Å². The summed E-state index contributed by atoms with van der Waals surface area (Å²) in [5.74, 6) is -2.94. The van der Waals surface area contributed by atoms with Crippen LogP contribution < -0.4 is 14.8 Å². The SMILES string of the molecule is COc1cc(COc2ccc(C(=O)C(C)C)c(O)c2C(F)(F)F)ccc1CNC(=O)c1cn(C)cn1. The van der Waals surface area contributed by atoms with E-state index in [1.165, 1.54) is 27.3 Å². The van der Waals surface area contributed by atoms with Gasteiger partial charge in [-0.3, -0.25) is 9.59 Å². The maximum absolute atomic E-state index is 13.7. The van der Waals surface area contributed by atoms with Crippen LogP contribution >= 0.6 is 0 Å². The summed E-state index contributed by atoms with van der Waals surface area (Å²) in [6, 6.07) is 7.00. The number of rotatable bonds is 9. The molecule has 192 valence electrons. The van der Waals surface area contributed by atoms with Crippen LogP contribution in [-0.4, -0.2) is 33.5 Å². The van der Waals surface area contributed by atoms with Crippen LogP contribution in [-0.2, 0) is 26.4 Å². The fourth-order valence-electron chi connectivity index (χ4n) is 3.46. The zero-order valence-corrected chi connectivity index (χ0v) is 20.1. The van der Waals surface area contributed by atoms with E-state index < -0.39 is 40.5 Å². The van der Waals surface area contributed by atoms with Crippen LogP contribution in [0.4, 0.5) is 13.2 Å².